The largest absolute Gasteiger partial charge is 0.478 e. The quantitative estimate of drug-likeness (QED) is 0.871. The molecule has 0 atom stereocenters. The Bertz CT molecular complexity index is 621. The summed E-state index contributed by atoms with van der Waals surface area (Å²) in [5.41, 5.74) is 0.615. The van der Waals surface area contributed by atoms with Crippen LogP contribution in [0.3, 0.4) is 0 Å². The molecule has 1 aromatic carbocycles. The minimum Gasteiger partial charge on any atom is -0.478 e. The van der Waals surface area contributed by atoms with E-state index in [0.717, 1.165) is 0 Å². The van der Waals surface area contributed by atoms with E-state index in [-0.39, 0.29) is 11.4 Å². The van der Waals surface area contributed by atoms with Gasteiger partial charge in [0.25, 0.3) is 0 Å². The van der Waals surface area contributed by atoms with Gasteiger partial charge >= 0.3 is 5.97 Å². The zero-order valence-corrected chi connectivity index (χ0v) is 11.2. The van der Waals surface area contributed by atoms with Crippen LogP contribution in [0, 0.1) is 5.82 Å². The number of carbonyl (C=O) groups is 1. The molecule has 2 aromatic rings. The summed E-state index contributed by atoms with van der Waals surface area (Å²) in [6.45, 7) is 0. The van der Waals surface area contributed by atoms with Crippen LogP contribution in [0.25, 0.3) is 0 Å². The van der Waals surface area contributed by atoms with Gasteiger partial charge in [0.15, 0.2) is 0 Å². The minimum absolute atomic E-state index is 0.157. The molecule has 2 rings (SSSR count). The summed E-state index contributed by atoms with van der Waals surface area (Å²) < 4.78 is 13.5. The molecule has 98 valence electrons. The molecule has 0 saturated carbocycles. The lowest BCUT2D eigenvalue weighted by atomic mass is 10.2. The predicted molar refractivity (Wildman–Crippen MR) is 72.2 cm³/mol. The number of aromatic nitrogens is 1. The van der Waals surface area contributed by atoms with Crippen LogP contribution < -0.4 is 0 Å². The number of rotatable bonds is 4. The Morgan fingerprint density at radius 3 is 2.89 bits per heavy atom. The van der Waals surface area contributed by atoms with E-state index in [4.69, 9.17) is 16.7 Å². The van der Waals surface area contributed by atoms with Crippen molar-refractivity contribution in [1.29, 1.82) is 0 Å². The second-order valence-corrected chi connectivity index (χ2v) is 5.14. The zero-order chi connectivity index (χ0) is 13.8. The molecule has 0 bridgehead atoms. The van der Waals surface area contributed by atoms with Crippen molar-refractivity contribution in [1.82, 2.24) is 4.98 Å². The van der Waals surface area contributed by atoms with E-state index in [1.54, 1.807) is 6.07 Å². The number of hydrogen-bond acceptors (Lipinski definition) is 3. The van der Waals surface area contributed by atoms with Gasteiger partial charge in [0.05, 0.1) is 10.6 Å². The monoisotopic (exact) mass is 297 g/mol. The van der Waals surface area contributed by atoms with Crippen LogP contribution in [0.1, 0.15) is 15.9 Å². The summed E-state index contributed by atoms with van der Waals surface area (Å²) >= 11 is 7.05. The Hall–Kier alpha value is -1.59. The highest BCUT2D eigenvalue weighted by molar-refractivity contribution is 7.98. The average molecular weight is 298 g/mol. The number of nitrogens with zero attached hydrogens (tertiary/aromatic N) is 1. The van der Waals surface area contributed by atoms with Gasteiger partial charge in [0, 0.05) is 17.0 Å². The van der Waals surface area contributed by atoms with E-state index in [9.17, 15) is 9.18 Å². The van der Waals surface area contributed by atoms with Crippen LogP contribution in [0.2, 0.25) is 5.02 Å². The molecule has 1 heterocycles. The Labute approximate surface area is 118 Å². The number of halogens is 2. The molecule has 6 heteroatoms. The van der Waals surface area contributed by atoms with E-state index in [1.807, 2.05) is 0 Å². The molecule has 0 radical (unpaired) electrons. The van der Waals surface area contributed by atoms with Crippen LogP contribution in [0.15, 0.2) is 41.6 Å². The maximum absolute atomic E-state index is 13.5. The highest BCUT2D eigenvalue weighted by atomic mass is 35.5. The van der Waals surface area contributed by atoms with E-state index in [0.29, 0.717) is 21.4 Å². The number of thioether (sulfide) groups is 1. The third-order valence-corrected chi connectivity index (χ3v) is 3.57. The fourth-order valence-electron chi connectivity index (χ4n) is 1.43. The number of carboxylic acids is 1. The van der Waals surface area contributed by atoms with E-state index in [1.165, 1.54) is 42.2 Å². The van der Waals surface area contributed by atoms with Crippen LogP contribution in [0.5, 0.6) is 0 Å². The van der Waals surface area contributed by atoms with Crippen molar-refractivity contribution < 1.29 is 14.3 Å². The maximum atomic E-state index is 13.5. The van der Waals surface area contributed by atoms with Gasteiger partial charge in [-0.2, -0.15) is 0 Å². The van der Waals surface area contributed by atoms with Crippen LogP contribution in [0.4, 0.5) is 4.39 Å². The third kappa shape index (κ3) is 3.68. The molecule has 0 aliphatic rings. The summed E-state index contributed by atoms with van der Waals surface area (Å²) in [4.78, 5) is 14.8. The van der Waals surface area contributed by atoms with Gasteiger partial charge < -0.3 is 5.11 Å². The molecule has 3 nitrogen and oxygen atoms in total. The second kappa shape index (κ2) is 6.04. The van der Waals surface area contributed by atoms with Gasteiger partial charge in [-0.25, -0.2) is 14.2 Å². The molecular formula is C13H9ClFNO2S. The highest BCUT2D eigenvalue weighted by Crippen LogP contribution is 2.24. The lowest BCUT2D eigenvalue weighted by molar-refractivity contribution is 0.0696. The van der Waals surface area contributed by atoms with Gasteiger partial charge in [0.1, 0.15) is 5.82 Å². The smallest absolute Gasteiger partial charge is 0.335 e. The van der Waals surface area contributed by atoms with Crippen molar-refractivity contribution in [3.63, 3.8) is 0 Å². The van der Waals surface area contributed by atoms with Crippen molar-refractivity contribution in [2.24, 2.45) is 0 Å². The summed E-state index contributed by atoms with van der Waals surface area (Å²) in [5.74, 6) is -1.02. The summed E-state index contributed by atoms with van der Waals surface area (Å²) in [6, 6.07) is 7.19. The number of hydrogen-bond donors (Lipinski definition) is 1. The topological polar surface area (TPSA) is 50.2 Å². The summed E-state index contributed by atoms with van der Waals surface area (Å²) in [7, 11) is 0. The van der Waals surface area contributed by atoms with Crippen LogP contribution in [-0.4, -0.2) is 16.1 Å². The van der Waals surface area contributed by atoms with Gasteiger partial charge in [-0.15, -0.1) is 11.8 Å². The molecule has 1 N–H and O–H groups in total. The molecule has 19 heavy (non-hydrogen) atoms. The summed E-state index contributed by atoms with van der Waals surface area (Å²) in [5, 5.41) is 9.85. The number of pyridine rings is 1. The number of carboxylic acid groups (broad SMARTS) is 1. The first-order valence-electron chi connectivity index (χ1n) is 5.32. The molecule has 0 fully saturated rings. The molecule has 0 aliphatic carbocycles. The first-order valence-corrected chi connectivity index (χ1v) is 6.68. The Kier molecular flexibility index (Phi) is 4.39. The fourth-order valence-corrected chi connectivity index (χ4v) is 2.49. The fraction of sp³-hybridized carbons (Fsp3) is 0.0769. The standard InChI is InChI=1S/C13H9ClFNO2S/c14-10-1-2-11(15)9(5-10)7-19-12-6-8(13(17)18)3-4-16-12/h1-6H,7H2,(H,17,18). The normalized spacial score (nSPS) is 10.4. The number of aromatic carboxylic acids is 1. The Morgan fingerprint density at radius 2 is 2.16 bits per heavy atom. The SMILES string of the molecule is O=C(O)c1ccnc(SCc2cc(Cl)ccc2F)c1. The minimum atomic E-state index is -1.02. The molecule has 0 saturated heterocycles. The average Bonchev–Trinajstić information content (AvgIpc) is 2.40. The first-order chi connectivity index (χ1) is 9.06. The Morgan fingerprint density at radius 1 is 1.37 bits per heavy atom. The molecule has 1 aromatic heterocycles. The molecule has 0 aliphatic heterocycles. The molecule has 0 spiro atoms. The third-order valence-electron chi connectivity index (χ3n) is 2.37. The van der Waals surface area contributed by atoms with E-state index >= 15 is 0 Å². The lowest BCUT2D eigenvalue weighted by Gasteiger charge is -2.04. The Balaban J connectivity index is 2.12. The number of benzene rings is 1. The van der Waals surface area contributed by atoms with E-state index < -0.39 is 5.97 Å². The zero-order valence-electron chi connectivity index (χ0n) is 9.64. The molecule has 0 unspecified atom stereocenters. The van der Waals surface area contributed by atoms with Crippen molar-refractivity contribution in [2.75, 3.05) is 0 Å². The van der Waals surface area contributed by atoms with Gasteiger partial charge in [-0.1, -0.05) is 11.6 Å². The van der Waals surface area contributed by atoms with Crippen molar-refractivity contribution in [3.05, 3.63) is 58.5 Å². The molecule has 0 amide bonds. The van der Waals surface area contributed by atoms with Crippen LogP contribution in [-0.2, 0) is 5.75 Å². The van der Waals surface area contributed by atoms with Crippen molar-refractivity contribution >= 4 is 29.3 Å². The maximum Gasteiger partial charge on any atom is 0.335 e. The lowest BCUT2D eigenvalue weighted by Crippen LogP contribution is -1.97. The van der Waals surface area contributed by atoms with Crippen molar-refractivity contribution in [3.8, 4) is 0 Å². The summed E-state index contributed by atoms with van der Waals surface area (Å²) in [6.07, 6.45) is 1.42. The van der Waals surface area contributed by atoms with Crippen molar-refractivity contribution in [2.45, 2.75) is 10.8 Å². The van der Waals surface area contributed by atoms with Crippen LogP contribution >= 0.6 is 23.4 Å². The van der Waals surface area contributed by atoms with Gasteiger partial charge in [-0.05, 0) is 35.9 Å². The van der Waals surface area contributed by atoms with Gasteiger partial charge in [-0.3, -0.25) is 0 Å². The molecular weight excluding hydrogens is 289 g/mol. The predicted octanol–water partition coefficient (Wildman–Crippen LogP) is 3.86. The van der Waals surface area contributed by atoms with Gasteiger partial charge in [0.2, 0.25) is 0 Å². The second-order valence-electron chi connectivity index (χ2n) is 3.71. The first kappa shape index (κ1) is 13.8. The van der Waals surface area contributed by atoms with E-state index in [2.05, 4.69) is 4.98 Å². The highest BCUT2D eigenvalue weighted by Gasteiger charge is 2.07.